The van der Waals surface area contributed by atoms with E-state index in [2.05, 4.69) is 20.9 Å². The highest BCUT2D eigenvalue weighted by Gasteiger charge is 2.11. The van der Waals surface area contributed by atoms with Gasteiger partial charge in [-0.1, -0.05) is 12.1 Å². The Hall–Kier alpha value is -3.49. The van der Waals surface area contributed by atoms with Crippen LogP contribution in [-0.2, 0) is 0 Å². The van der Waals surface area contributed by atoms with Crippen LogP contribution >= 0.6 is 0 Å². The summed E-state index contributed by atoms with van der Waals surface area (Å²) in [5.41, 5.74) is 1.31. The quantitative estimate of drug-likeness (QED) is 0.214. The molecule has 0 radical (unpaired) electrons. The highest BCUT2D eigenvalue weighted by molar-refractivity contribution is 5.93. The first kappa shape index (κ1) is 19.8. The fraction of sp³-hybridized carbons (Fsp3) is 0.278. The molecule has 9 nitrogen and oxygen atoms in total. The zero-order chi connectivity index (χ0) is 19.6. The van der Waals surface area contributed by atoms with Gasteiger partial charge in [-0.05, 0) is 18.2 Å². The predicted molar refractivity (Wildman–Crippen MR) is 106 cm³/mol. The van der Waals surface area contributed by atoms with Gasteiger partial charge in [0.25, 0.3) is 5.69 Å². The number of hydrogen-bond acceptors (Lipinski definition) is 6. The first-order valence-corrected chi connectivity index (χ1v) is 8.26. The van der Waals surface area contributed by atoms with Gasteiger partial charge >= 0.3 is 0 Å². The van der Waals surface area contributed by atoms with E-state index in [1.807, 2.05) is 6.07 Å². The first-order valence-electron chi connectivity index (χ1n) is 8.26. The second-order valence-corrected chi connectivity index (χ2v) is 5.39. The molecule has 0 unspecified atom stereocenters. The molecular formula is C18H23N5O4. The Bertz CT molecular complexity index is 810. The smallest absolute Gasteiger partial charge is 0.292 e. The highest BCUT2D eigenvalue weighted by atomic mass is 16.6. The average Bonchev–Trinajstić information content (AvgIpc) is 2.70. The SMILES string of the molecule is CN=C(NCCNc1ccccc1[N+](=O)[O-])Nc1ccc(OC)c(OC)c1. The minimum absolute atomic E-state index is 0.0466. The van der Waals surface area contributed by atoms with Gasteiger partial charge in [0, 0.05) is 38.0 Å². The molecule has 0 fully saturated rings. The van der Waals surface area contributed by atoms with Crippen molar-refractivity contribution >= 4 is 23.0 Å². The van der Waals surface area contributed by atoms with Crippen LogP contribution in [0.25, 0.3) is 0 Å². The molecule has 2 aromatic carbocycles. The number of nitro groups is 1. The van der Waals surface area contributed by atoms with Crippen molar-refractivity contribution in [2.75, 3.05) is 45.0 Å². The minimum Gasteiger partial charge on any atom is -0.493 e. The van der Waals surface area contributed by atoms with Crippen LogP contribution in [0.15, 0.2) is 47.5 Å². The van der Waals surface area contributed by atoms with E-state index in [1.165, 1.54) is 6.07 Å². The summed E-state index contributed by atoms with van der Waals surface area (Å²) in [5.74, 6) is 1.81. The van der Waals surface area contributed by atoms with Gasteiger partial charge in [-0.3, -0.25) is 15.1 Å². The van der Waals surface area contributed by atoms with Crippen molar-refractivity contribution in [3.63, 3.8) is 0 Å². The number of rotatable bonds is 8. The van der Waals surface area contributed by atoms with Gasteiger partial charge in [-0.2, -0.15) is 0 Å². The Morgan fingerprint density at radius 2 is 1.85 bits per heavy atom. The van der Waals surface area contributed by atoms with E-state index in [0.717, 1.165) is 5.69 Å². The van der Waals surface area contributed by atoms with E-state index in [-0.39, 0.29) is 5.69 Å². The minimum atomic E-state index is -0.409. The van der Waals surface area contributed by atoms with Gasteiger partial charge in [0.1, 0.15) is 5.69 Å². The molecule has 0 saturated carbocycles. The van der Waals surface area contributed by atoms with Crippen molar-refractivity contribution in [1.82, 2.24) is 5.32 Å². The molecule has 0 spiro atoms. The van der Waals surface area contributed by atoms with Crippen molar-refractivity contribution in [3.05, 3.63) is 52.6 Å². The van der Waals surface area contributed by atoms with Crippen molar-refractivity contribution in [2.24, 2.45) is 4.99 Å². The third-order valence-corrected chi connectivity index (χ3v) is 3.70. The zero-order valence-electron chi connectivity index (χ0n) is 15.5. The summed E-state index contributed by atoms with van der Waals surface area (Å²) in [4.78, 5) is 14.8. The van der Waals surface area contributed by atoms with Gasteiger partial charge in [-0.25, -0.2) is 0 Å². The van der Waals surface area contributed by atoms with Gasteiger partial charge < -0.3 is 25.4 Å². The van der Waals surface area contributed by atoms with E-state index >= 15 is 0 Å². The lowest BCUT2D eigenvalue weighted by atomic mass is 10.2. The predicted octanol–water partition coefficient (Wildman–Crippen LogP) is 2.71. The van der Waals surface area contributed by atoms with E-state index in [1.54, 1.807) is 51.6 Å². The number of guanidine groups is 1. The van der Waals surface area contributed by atoms with Crippen molar-refractivity contribution in [3.8, 4) is 11.5 Å². The molecular weight excluding hydrogens is 350 g/mol. The van der Waals surface area contributed by atoms with Crippen molar-refractivity contribution < 1.29 is 14.4 Å². The molecule has 2 aromatic rings. The second-order valence-electron chi connectivity index (χ2n) is 5.39. The summed E-state index contributed by atoms with van der Waals surface area (Å²) in [6.45, 7) is 0.997. The Labute approximate surface area is 157 Å². The molecule has 0 aliphatic heterocycles. The maximum atomic E-state index is 11.0. The average molecular weight is 373 g/mol. The van der Waals surface area contributed by atoms with Gasteiger partial charge in [0.15, 0.2) is 17.5 Å². The molecule has 0 aromatic heterocycles. The Morgan fingerprint density at radius 1 is 1.11 bits per heavy atom. The standard InChI is InChI=1S/C18H23N5O4/c1-19-18(22-13-8-9-16(26-2)17(12-13)27-3)21-11-10-20-14-6-4-5-7-15(14)23(24)25/h4-9,12,20H,10-11H2,1-3H3,(H2,19,21,22). The summed E-state index contributed by atoms with van der Waals surface area (Å²) in [7, 11) is 4.81. The number of hydrogen-bond donors (Lipinski definition) is 3. The molecule has 0 aliphatic rings. The van der Waals surface area contributed by atoms with Crippen LogP contribution in [0.3, 0.4) is 0 Å². The largest absolute Gasteiger partial charge is 0.493 e. The van der Waals surface area contributed by atoms with Crippen molar-refractivity contribution in [1.29, 1.82) is 0 Å². The lowest BCUT2D eigenvalue weighted by Gasteiger charge is -2.14. The molecule has 9 heteroatoms. The molecule has 0 heterocycles. The molecule has 144 valence electrons. The highest BCUT2D eigenvalue weighted by Crippen LogP contribution is 2.29. The van der Waals surface area contributed by atoms with Gasteiger partial charge in [-0.15, -0.1) is 0 Å². The monoisotopic (exact) mass is 373 g/mol. The Kier molecular flexibility index (Phi) is 7.24. The number of anilines is 2. The summed E-state index contributed by atoms with van der Waals surface area (Å²) in [5, 5.41) is 20.3. The molecule has 27 heavy (non-hydrogen) atoms. The maximum absolute atomic E-state index is 11.0. The summed E-state index contributed by atoms with van der Waals surface area (Å²) < 4.78 is 10.5. The number of aliphatic imine (C=N–C) groups is 1. The number of para-hydroxylation sites is 2. The molecule has 2 rings (SSSR count). The number of nitrogens with zero attached hydrogens (tertiary/aromatic N) is 2. The van der Waals surface area contributed by atoms with E-state index in [9.17, 15) is 10.1 Å². The topological polar surface area (TPSA) is 110 Å². The summed E-state index contributed by atoms with van der Waals surface area (Å²) in [6, 6.07) is 12.0. The normalized spacial score (nSPS) is 10.9. The number of benzene rings is 2. The van der Waals surface area contributed by atoms with Crippen LogP contribution in [0, 0.1) is 10.1 Å². The molecule has 0 bridgehead atoms. The van der Waals surface area contributed by atoms with Crippen LogP contribution in [0.1, 0.15) is 0 Å². The van der Waals surface area contributed by atoms with E-state index in [0.29, 0.717) is 36.2 Å². The maximum Gasteiger partial charge on any atom is 0.292 e. The van der Waals surface area contributed by atoms with Crippen LogP contribution in [0.5, 0.6) is 11.5 Å². The number of ether oxygens (including phenoxy) is 2. The van der Waals surface area contributed by atoms with Crippen LogP contribution in [-0.4, -0.2) is 45.2 Å². The van der Waals surface area contributed by atoms with E-state index in [4.69, 9.17) is 9.47 Å². The second kappa shape index (κ2) is 9.85. The Balaban J connectivity index is 1.89. The first-order chi connectivity index (χ1) is 13.1. The summed E-state index contributed by atoms with van der Waals surface area (Å²) in [6.07, 6.45) is 0. The molecule has 0 atom stereocenters. The van der Waals surface area contributed by atoms with Crippen molar-refractivity contribution in [2.45, 2.75) is 0 Å². The van der Waals surface area contributed by atoms with Crippen LogP contribution in [0.2, 0.25) is 0 Å². The molecule has 0 saturated heterocycles. The third kappa shape index (κ3) is 5.50. The third-order valence-electron chi connectivity index (χ3n) is 3.70. The zero-order valence-corrected chi connectivity index (χ0v) is 15.5. The molecule has 0 amide bonds. The lowest BCUT2D eigenvalue weighted by molar-refractivity contribution is -0.384. The molecule has 3 N–H and O–H groups in total. The van der Waals surface area contributed by atoms with Gasteiger partial charge in [0.2, 0.25) is 0 Å². The van der Waals surface area contributed by atoms with E-state index < -0.39 is 4.92 Å². The van der Waals surface area contributed by atoms with Crippen LogP contribution < -0.4 is 25.4 Å². The summed E-state index contributed by atoms with van der Waals surface area (Å²) >= 11 is 0. The molecule has 0 aliphatic carbocycles. The fourth-order valence-electron chi connectivity index (χ4n) is 2.39. The van der Waals surface area contributed by atoms with Crippen LogP contribution in [0.4, 0.5) is 17.1 Å². The number of methoxy groups -OCH3 is 2. The fourth-order valence-corrected chi connectivity index (χ4v) is 2.39. The lowest BCUT2D eigenvalue weighted by Crippen LogP contribution is -2.34. The Morgan fingerprint density at radius 3 is 2.52 bits per heavy atom. The number of nitro benzene ring substituents is 1. The number of nitrogens with one attached hydrogen (secondary N) is 3. The van der Waals surface area contributed by atoms with Gasteiger partial charge in [0.05, 0.1) is 19.1 Å².